The summed E-state index contributed by atoms with van der Waals surface area (Å²) in [7, 11) is 3.55. The van der Waals surface area contributed by atoms with Crippen LogP contribution >= 0.6 is 22.7 Å². The van der Waals surface area contributed by atoms with Crippen LogP contribution in [0.4, 0.5) is 0 Å². The predicted molar refractivity (Wildman–Crippen MR) is 174 cm³/mol. The second-order valence-electron chi connectivity index (χ2n) is 9.81. The molecular formula is C38H30O2S2. The molecule has 0 spiro atoms. The van der Waals surface area contributed by atoms with E-state index < -0.39 is 11.2 Å². The van der Waals surface area contributed by atoms with Crippen molar-refractivity contribution in [2.45, 2.75) is 11.2 Å². The molecule has 0 amide bonds. The van der Waals surface area contributed by atoms with E-state index in [9.17, 15) is 0 Å². The monoisotopic (exact) mass is 582 g/mol. The fourth-order valence-corrected chi connectivity index (χ4v) is 7.40. The molecule has 206 valence electrons. The molecule has 42 heavy (non-hydrogen) atoms. The van der Waals surface area contributed by atoms with Crippen LogP contribution in [0.2, 0.25) is 0 Å². The molecule has 0 fully saturated rings. The third-order valence-corrected chi connectivity index (χ3v) is 9.37. The first-order valence-corrected chi connectivity index (χ1v) is 15.5. The maximum atomic E-state index is 6.46. The van der Waals surface area contributed by atoms with Crippen LogP contribution in [0.25, 0.3) is 0 Å². The average Bonchev–Trinajstić information content (AvgIpc) is 3.74. The standard InChI is InChI=1S/C38H30O2S2/c1-39-37(29-15-7-3-8-16-29,30-17-9-4-10-18-30)33-25-27-41-35(33)23-24-36-34(26-28-42-36)38(40-2,31-19-11-5-12-20-31)32-21-13-6-14-22-32/h3-22,25-28H,1-2H3. The third kappa shape index (κ3) is 4.81. The zero-order chi connectivity index (χ0) is 28.8. The van der Waals surface area contributed by atoms with Gasteiger partial charge in [0, 0.05) is 25.3 Å². The molecule has 0 N–H and O–H groups in total. The molecule has 0 saturated carbocycles. The van der Waals surface area contributed by atoms with Crippen molar-refractivity contribution in [2.24, 2.45) is 0 Å². The van der Waals surface area contributed by atoms with Crippen molar-refractivity contribution in [3.8, 4) is 11.8 Å². The molecule has 2 heterocycles. The van der Waals surface area contributed by atoms with Gasteiger partial charge in [-0.1, -0.05) is 121 Å². The van der Waals surface area contributed by atoms with E-state index in [2.05, 4.69) is 132 Å². The summed E-state index contributed by atoms with van der Waals surface area (Å²) in [6, 6.07) is 45.8. The molecule has 0 radical (unpaired) electrons. The first kappa shape index (κ1) is 27.9. The van der Waals surface area contributed by atoms with Gasteiger partial charge >= 0.3 is 0 Å². The summed E-state index contributed by atoms with van der Waals surface area (Å²) >= 11 is 3.27. The number of hydrogen-bond donors (Lipinski definition) is 0. The fraction of sp³-hybridized carbons (Fsp3) is 0.105. The van der Waals surface area contributed by atoms with Crippen LogP contribution in [0.15, 0.2) is 144 Å². The highest BCUT2D eigenvalue weighted by molar-refractivity contribution is 7.11. The Labute approximate surface area is 255 Å². The lowest BCUT2D eigenvalue weighted by molar-refractivity contribution is 0.0585. The Hall–Kier alpha value is -4.24. The molecule has 0 bridgehead atoms. The van der Waals surface area contributed by atoms with Crippen molar-refractivity contribution >= 4 is 22.7 Å². The molecule has 0 aliphatic heterocycles. The molecule has 0 aliphatic carbocycles. The summed E-state index contributed by atoms with van der Waals surface area (Å²) in [5, 5.41) is 4.20. The zero-order valence-electron chi connectivity index (χ0n) is 23.5. The van der Waals surface area contributed by atoms with E-state index in [4.69, 9.17) is 9.47 Å². The van der Waals surface area contributed by atoms with Crippen LogP contribution in [-0.2, 0) is 20.7 Å². The second kappa shape index (κ2) is 12.3. The Morgan fingerprint density at radius 2 is 0.714 bits per heavy atom. The molecular weight excluding hydrogens is 553 g/mol. The molecule has 2 nitrogen and oxygen atoms in total. The van der Waals surface area contributed by atoms with Gasteiger partial charge in [-0.05, 0) is 57.0 Å². The fourth-order valence-electron chi connectivity index (χ4n) is 5.82. The van der Waals surface area contributed by atoms with Crippen molar-refractivity contribution in [1.82, 2.24) is 0 Å². The van der Waals surface area contributed by atoms with Crippen molar-refractivity contribution in [2.75, 3.05) is 14.2 Å². The molecule has 6 rings (SSSR count). The summed E-state index contributed by atoms with van der Waals surface area (Å²) in [6.45, 7) is 0. The van der Waals surface area contributed by atoms with Gasteiger partial charge in [0.25, 0.3) is 0 Å². The Bertz CT molecular complexity index is 1580. The zero-order valence-corrected chi connectivity index (χ0v) is 25.1. The summed E-state index contributed by atoms with van der Waals surface area (Å²) in [5.41, 5.74) is 4.70. The minimum Gasteiger partial charge on any atom is -0.364 e. The van der Waals surface area contributed by atoms with Crippen LogP contribution in [0.3, 0.4) is 0 Å². The summed E-state index contributed by atoms with van der Waals surface area (Å²) in [4.78, 5) is 1.93. The van der Waals surface area contributed by atoms with E-state index in [1.165, 1.54) is 0 Å². The number of benzene rings is 4. The lowest BCUT2D eigenvalue weighted by Gasteiger charge is -2.34. The molecule has 6 aromatic rings. The Morgan fingerprint density at radius 3 is 0.976 bits per heavy atom. The summed E-state index contributed by atoms with van der Waals surface area (Å²) in [6.07, 6.45) is 0. The summed E-state index contributed by atoms with van der Waals surface area (Å²) < 4.78 is 12.9. The summed E-state index contributed by atoms with van der Waals surface area (Å²) in [5.74, 6) is 7.12. The maximum Gasteiger partial charge on any atom is 0.145 e. The van der Waals surface area contributed by atoms with Crippen LogP contribution < -0.4 is 0 Å². The molecule has 0 atom stereocenters. The van der Waals surface area contributed by atoms with Gasteiger partial charge in [-0.3, -0.25) is 0 Å². The third-order valence-electron chi connectivity index (χ3n) is 7.71. The highest BCUT2D eigenvalue weighted by Crippen LogP contribution is 2.44. The van der Waals surface area contributed by atoms with E-state index in [1.54, 1.807) is 36.9 Å². The molecule has 4 aromatic carbocycles. The lowest BCUT2D eigenvalue weighted by Crippen LogP contribution is -2.32. The number of ether oxygens (including phenoxy) is 2. The minimum atomic E-state index is -0.796. The van der Waals surface area contributed by atoms with E-state index in [0.717, 1.165) is 43.1 Å². The molecule has 4 heteroatoms. The Balaban J connectivity index is 1.51. The predicted octanol–water partition coefficient (Wildman–Crippen LogP) is 9.09. The second-order valence-corrected chi connectivity index (χ2v) is 11.6. The first-order chi connectivity index (χ1) is 20.7. The Kier molecular flexibility index (Phi) is 8.19. The van der Waals surface area contributed by atoms with Crippen LogP contribution in [0, 0.1) is 11.8 Å². The lowest BCUT2D eigenvalue weighted by atomic mass is 9.80. The van der Waals surface area contributed by atoms with Gasteiger partial charge in [-0.25, -0.2) is 0 Å². The van der Waals surface area contributed by atoms with Crippen molar-refractivity contribution in [3.63, 3.8) is 0 Å². The van der Waals surface area contributed by atoms with Crippen LogP contribution in [-0.4, -0.2) is 14.2 Å². The molecule has 2 aromatic heterocycles. The average molecular weight is 583 g/mol. The van der Waals surface area contributed by atoms with Crippen molar-refractivity contribution in [1.29, 1.82) is 0 Å². The van der Waals surface area contributed by atoms with E-state index in [1.807, 2.05) is 24.3 Å². The SMILES string of the molecule is COC(c1ccccc1)(c1ccccc1)c1ccsc1C#Cc1sccc1C(OC)(c1ccccc1)c1ccccc1. The maximum absolute atomic E-state index is 6.46. The molecule has 0 unspecified atom stereocenters. The van der Waals surface area contributed by atoms with Crippen LogP contribution in [0.1, 0.15) is 43.1 Å². The van der Waals surface area contributed by atoms with Crippen molar-refractivity contribution in [3.05, 3.63) is 187 Å². The smallest absolute Gasteiger partial charge is 0.145 e. The van der Waals surface area contributed by atoms with Gasteiger partial charge < -0.3 is 9.47 Å². The first-order valence-electron chi connectivity index (χ1n) is 13.7. The topological polar surface area (TPSA) is 18.5 Å². The minimum absolute atomic E-state index is 0.796. The Morgan fingerprint density at radius 1 is 0.429 bits per heavy atom. The van der Waals surface area contributed by atoms with Crippen LogP contribution in [0.5, 0.6) is 0 Å². The van der Waals surface area contributed by atoms with Crippen molar-refractivity contribution < 1.29 is 9.47 Å². The number of methoxy groups -OCH3 is 2. The highest BCUT2D eigenvalue weighted by Gasteiger charge is 2.40. The number of hydrogen-bond acceptors (Lipinski definition) is 4. The van der Waals surface area contributed by atoms with Gasteiger partial charge in [-0.15, -0.1) is 22.7 Å². The van der Waals surface area contributed by atoms with Gasteiger partial charge in [0.1, 0.15) is 11.2 Å². The van der Waals surface area contributed by atoms with Gasteiger partial charge in [0.05, 0.1) is 9.75 Å². The number of thiophene rings is 2. The van der Waals surface area contributed by atoms with E-state index in [-0.39, 0.29) is 0 Å². The number of rotatable bonds is 8. The van der Waals surface area contributed by atoms with Gasteiger partial charge in [-0.2, -0.15) is 0 Å². The van der Waals surface area contributed by atoms with Gasteiger partial charge in [0.2, 0.25) is 0 Å². The van der Waals surface area contributed by atoms with E-state index >= 15 is 0 Å². The quantitative estimate of drug-likeness (QED) is 0.167. The van der Waals surface area contributed by atoms with Gasteiger partial charge in [0.15, 0.2) is 0 Å². The molecule has 0 aliphatic rings. The normalized spacial score (nSPS) is 11.6. The van der Waals surface area contributed by atoms with E-state index in [0.29, 0.717) is 0 Å². The highest BCUT2D eigenvalue weighted by atomic mass is 32.1. The molecule has 0 saturated heterocycles. The largest absolute Gasteiger partial charge is 0.364 e.